The molecule has 0 heterocycles. The van der Waals surface area contributed by atoms with E-state index in [1.807, 2.05) is 44.4 Å². The number of nitrogens with zero attached hydrogens (tertiary/aromatic N) is 1. The molecule has 1 aromatic rings. The second-order valence-corrected chi connectivity index (χ2v) is 4.77. The molecule has 0 atom stereocenters. The number of ketones is 1. The van der Waals surface area contributed by atoms with E-state index in [9.17, 15) is 4.79 Å². The van der Waals surface area contributed by atoms with Crippen LogP contribution >= 0.6 is 11.8 Å². The summed E-state index contributed by atoms with van der Waals surface area (Å²) in [6.07, 6.45) is 0.972. The molecular weight excluding hydrogens is 218 g/mol. The number of rotatable bonds is 4. The predicted molar refractivity (Wildman–Crippen MR) is 70.6 cm³/mol. The van der Waals surface area contributed by atoms with Crippen molar-refractivity contribution in [1.82, 2.24) is 0 Å². The third kappa shape index (κ3) is 3.81. The van der Waals surface area contributed by atoms with Crippen molar-refractivity contribution in [3.8, 4) is 0 Å². The standard InChI is InChI=1S/C13H18NOS/c1-4-13(14(2)3)16-10-12(15)11-8-6-5-7-9-11/h5-9H,4,10H2,1-3H3/q+1. The highest BCUT2D eigenvalue weighted by Crippen LogP contribution is 2.10. The quantitative estimate of drug-likeness (QED) is 0.347. The van der Waals surface area contributed by atoms with Crippen LogP contribution in [-0.2, 0) is 0 Å². The van der Waals surface area contributed by atoms with E-state index in [-0.39, 0.29) is 5.78 Å². The van der Waals surface area contributed by atoms with E-state index in [4.69, 9.17) is 0 Å². The molecule has 2 nitrogen and oxygen atoms in total. The average molecular weight is 236 g/mol. The van der Waals surface area contributed by atoms with Crippen LogP contribution in [-0.4, -0.2) is 35.3 Å². The van der Waals surface area contributed by atoms with Gasteiger partial charge >= 0.3 is 0 Å². The average Bonchev–Trinajstić information content (AvgIpc) is 2.30. The van der Waals surface area contributed by atoms with Gasteiger partial charge in [-0.2, -0.15) is 0 Å². The third-order valence-electron chi connectivity index (χ3n) is 2.27. The molecule has 0 radical (unpaired) electrons. The van der Waals surface area contributed by atoms with Crippen molar-refractivity contribution in [3.63, 3.8) is 0 Å². The van der Waals surface area contributed by atoms with Gasteiger partial charge in [0.25, 0.3) is 0 Å². The molecule has 86 valence electrons. The molecule has 0 N–H and O–H groups in total. The van der Waals surface area contributed by atoms with Crippen molar-refractivity contribution >= 4 is 22.6 Å². The van der Waals surface area contributed by atoms with Crippen LogP contribution in [0.25, 0.3) is 0 Å². The lowest BCUT2D eigenvalue weighted by atomic mass is 10.2. The van der Waals surface area contributed by atoms with E-state index in [0.29, 0.717) is 5.75 Å². The van der Waals surface area contributed by atoms with E-state index in [2.05, 4.69) is 11.5 Å². The number of hydrogen-bond acceptors (Lipinski definition) is 2. The molecule has 16 heavy (non-hydrogen) atoms. The van der Waals surface area contributed by atoms with Crippen LogP contribution in [0.1, 0.15) is 23.7 Å². The normalized spacial score (nSPS) is 9.94. The van der Waals surface area contributed by atoms with Crippen molar-refractivity contribution in [2.24, 2.45) is 0 Å². The summed E-state index contributed by atoms with van der Waals surface area (Å²) >= 11 is 1.63. The summed E-state index contributed by atoms with van der Waals surface area (Å²) in [6.45, 7) is 2.11. The first kappa shape index (κ1) is 13.0. The Morgan fingerprint density at radius 1 is 1.25 bits per heavy atom. The van der Waals surface area contributed by atoms with Crippen LogP contribution < -0.4 is 0 Å². The summed E-state index contributed by atoms with van der Waals surface area (Å²) in [7, 11) is 4.03. The summed E-state index contributed by atoms with van der Waals surface area (Å²) in [5, 5.41) is 1.24. The molecule has 0 spiro atoms. The predicted octanol–water partition coefficient (Wildman–Crippen LogP) is 2.68. The van der Waals surface area contributed by atoms with Crippen molar-refractivity contribution in [1.29, 1.82) is 0 Å². The molecule has 0 saturated carbocycles. The van der Waals surface area contributed by atoms with E-state index >= 15 is 0 Å². The topological polar surface area (TPSA) is 20.1 Å². The van der Waals surface area contributed by atoms with E-state index < -0.39 is 0 Å². The van der Waals surface area contributed by atoms with Crippen LogP contribution in [0.3, 0.4) is 0 Å². The summed E-state index contributed by atoms with van der Waals surface area (Å²) in [4.78, 5) is 11.8. The molecule has 0 unspecified atom stereocenters. The van der Waals surface area contributed by atoms with Gasteiger partial charge in [0.05, 0.1) is 5.75 Å². The molecule has 3 heteroatoms. The fraction of sp³-hybridized carbons (Fsp3) is 0.385. The van der Waals surface area contributed by atoms with Crippen molar-refractivity contribution < 1.29 is 9.37 Å². The number of Topliss-reactive ketones (excluding diaryl/α,β-unsaturated/α-hetero) is 1. The number of carbonyl (C=O) groups is 1. The van der Waals surface area contributed by atoms with Gasteiger partial charge < -0.3 is 0 Å². The molecule has 1 aromatic carbocycles. The molecule has 0 bridgehead atoms. The Kier molecular flexibility index (Phi) is 5.26. The maximum atomic E-state index is 11.8. The minimum Gasteiger partial charge on any atom is -0.293 e. The first-order valence-electron chi connectivity index (χ1n) is 5.39. The summed E-state index contributed by atoms with van der Waals surface area (Å²) in [5.41, 5.74) is 0.796. The Hall–Kier alpha value is -1.09. The van der Waals surface area contributed by atoms with Crippen molar-refractivity contribution in [3.05, 3.63) is 35.9 Å². The maximum Gasteiger partial charge on any atom is 0.210 e. The zero-order valence-corrected chi connectivity index (χ0v) is 10.9. The number of benzene rings is 1. The SMILES string of the molecule is CCC(SCC(=O)c1ccccc1)=[N+](C)C. The molecule has 1 rings (SSSR count). The molecule has 0 aromatic heterocycles. The van der Waals surface area contributed by atoms with Gasteiger partial charge in [-0.1, -0.05) is 49.0 Å². The summed E-state index contributed by atoms with van der Waals surface area (Å²) < 4.78 is 2.07. The fourth-order valence-corrected chi connectivity index (χ4v) is 2.33. The Morgan fingerprint density at radius 2 is 1.88 bits per heavy atom. The highest BCUT2D eigenvalue weighted by molar-refractivity contribution is 8.14. The molecule has 0 amide bonds. The highest BCUT2D eigenvalue weighted by atomic mass is 32.2. The summed E-state index contributed by atoms with van der Waals surface area (Å²) in [5.74, 6) is 0.712. The molecular formula is C13H18NOS+. The van der Waals surface area contributed by atoms with Crippen LogP contribution in [0.15, 0.2) is 30.3 Å². The molecule has 0 aliphatic heterocycles. The molecule has 0 aliphatic carbocycles. The van der Waals surface area contributed by atoms with Crippen molar-refractivity contribution in [2.45, 2.75) is 13.3 Å². The largest absolute Gasteiger partial charge is 0.293 e. The molecule has 0 fully saturated rings. The Balaban J connectivity index is 2.57. The van der Waals surface area contributed by atoms with Crippen LogP contribution in [0, 0.1) is 0 Å². The Bertz CT molecular complexity index is 380. The van der Waals surface area contributed by atoms with Crippen LogP contribution in [0.4, 0.5) is 0 Å². The number of thioether (sulfide) groups is 1. The minimum absolute atomic E-state index is 0.193. The van der Waals surface area contributed by atoms with Crippen molar-refractivity contribution in [2.75, 3.05) is 19.8 Å². The lowest BCUT2D eigenvalue weighted by molar-refractivity contribution is -0.462. The van der Waals surface area contributed by atoms with Gasteiger partial charge in [-0.15, -0.1) is 0 Å². The lowest BCUT2D eigenvalue weighted by Crippen LogP contribution is -2.12. The zero-order valence-electron chi connectivity index (χ0n) is 10.1. The third-order valence-corrected chi connectivity index (χ3v) is 3.66. The van der Waals surface area contributed by atoms with Gasteiger partial charge in [0.15, 0.2) is 5.78 Å². The Labute approximate surface area is 101 Å². The van der Waals surface area contributed by atoms with Gasteiger partial charge in [-0.05, 0) is 0 Å². The van der Waals surface area contributed by atoms with Crippen LogP contribution in [0.5, 0.6) is 0 Å². The number of hydrogen-bond donors (Lipinski definition) is 0. The van der Waals surface area contributed by atoms with Gasteiger partial charge in [-0.25, -0.2) is 4.58 Å². The second kappa shape index (κ2) is 6.48. The first-order chi connectivity index (χ1) is 7.65. The fourth-order valence-electron chi connectivity index (χ4n) is 1.40. The molecule has 0 saturated heterocycles. The van der Waals surface area contributed by atoms with Gasteiger partial charge in [0, 0.05) is 12.0 Å². The van der Waals surface area contributed by atoms with Crippen LogP contribution in [0.2, 0.25) is 0 Å². The maximum absolute atomic E-state index is 11.8. The number of carbonyl (C=O) groups excluding carboxylic acids is 1. The Morgan fingerprint density at radius 3 is 2.38 bits per heavy atom. The van der Waals surface area contributed by atoms with Gasteiger partial charge in [0.2, 0.25) is 5.04 Å². The van der Waals surface area contributed by atoms with Gasteiger partial charge in [-0.3, -0.25) is 4.79 Å². The lowest BCUT2D eigenvalue weighted by Gasteiger charge is -2.01. The zero-order chi connectivity index (χ0) is 12.0. The second-order valence-electron chi connectivity index (χ2n) is 3.72. The van der Waals surface area contributed by atoms with E-state index in [0.717, 1.165) is 12.0 Å². The van der Waals surface area contributed by atoms with E-state index in [1.165, 1.54) is 5.04 Å². The monoisotopic (exact) mass is 236 g/mol. The highest BCUT2D eigenvalue weighted by Gasteiger charge is 2.11. The summed E-state index contributed by atoms with van der Waals surface area (Å²) in [6, 6.07) is 9.45. The van der Waals surface area contributed by atoms with E-state index in [1.54, 1.807) is 11.8 Å². The molecule has 0 aliphatic rings. The minimum atomic E-state index is 0.193. The van der Waals surface area contributed by atoms with Gasteiger partial charge in [0.1, 0.15) is 14.1 Å². The smallest absolute Gasteiger partial charge is 0.210 e. The first-order valence-corrected chi connectivity index (χ1v) is 6.38.